The fourth-order valence-corrected chi connectivity index (χ4v) is 2.96. The van der Waals surface area contributed by atoms with Crippen LogP contribution in [-0.4, -0.2) is 6.61 Å². The molecule has 2 aromatic rings. The molecule has 1 atom stereocenters. The van der Waals surface area contributed by atoms with Crippen molar-refractivity contribution in [1.29, 1.82) is 0 Å². The molecule has 0 aliphatic carbocycles. The first-order chi connectivity index (χ1) is 9.70. The number of nitrogens with one attached hydrogen (secondary N) is 1. The molecule has 0 radical (unpaired) electrons. The van der Waals surface area contributed by atoms with Crippen LogP contribution in [0.1, 0.15) is 22.7 Å². The van der Waals surface area contributed by atoms with Crippen LogP contribution < -0.4 is 16.0 Å². The lowest BCUT2D eigenvalue weighted by Crippen LogP contribution is -2.29. The molecule has 1 aliphatic rings. The Kier molecular flexibility index (Phi) is 3.85. The monoisotopic (exact) mass is 308 g/mol. The summed E-state index contributed by atoms with van der Waals surface area (Å²) in [6.07, 6.45) is 0.920. The lowest BCUT2D eigenvalue weighted by Gasteiger charge is -2.20. The van der Waals surface area contributed by atoms with E-state index in [4.69, 9.17) is 33.8 Å². The molecule has 0 fully saturated rings. The maximum atomic E-state index is 6.28. The molecule has 1 heterocycles. The largest absolute Gasteiger partial charge is 0.493 e. The molecule has 0 bridgehead atoms. The molecular formula is C15H14Cl2N2O. The fourth-order valence-electron chi connectivity index (χ4n) is 2.55. The van der Waals surface area contributed by atoms with E-state index in [-0.39, 0.29) is 6.04 Å². The molecule has 2 aromatic carbocycles. The summed E-state index contributed by atoms with van der Waals surface area (Å²) < 4.78 is 5.73. The zero-order valence-electron chi connectivity index (χ0n) is 10.7. The molecule has 3 nitrogen and oxygen atoms in total. The Hall–Kier alpha value is -1.26. The van der Waals surface area contributed by atoms with E-state index < -0.39 is 0 Å². The normalized spacial score (nSPS) is 14.8. The van der Waals surface area contributed by atoms with Crippen LogP contribution in [0.4, 0.5) is 0 Å². The van der Waals surface area contributed by atoms with Crippen LogP contribution in [0, 0.1) is 0 Å². The molecule has 0 amide bonds. The molecule has 1 unspecified atom stereocenters. The van der Waals surface area contributed by atoms with Crippen molar-refractivity contribution in [3.05, 3.63) is 63.1 Å². The van der Waals surface area contributed by atoms with Crippen molar-refractivity contribution >= 4 is 23.2 Å². The second kappa shape index (κ2) is 5.62. The molecule has 1 aliphatic heterocycles. The lowest BCUT2D eigenvalue weighted by atomic mass is 9.96. The summed E-state index contributed by atoms with van der Waals surface area (Å²) in [4.78, 5) is 0. The third-order valence-electron chi connectivity index (χ3n) is 3.49. The van der Waals surface area contributed by atoms with Gasteiger partial charge in [-0.25, -0.2) is 5.43 Å². The van der Waals surface area contributed by atoms with E-state index in [2.05, 4.69) is 11.5 Å². The first-order valence-corrected chi connectivity index (χ1v) is 7.12. The number of hydrogen-bond donors (Lipinski definition) is 2. The standard InChI is InChI=1S/C15H14Cl2N2O/c16-10-4-5-13(17)12(8-10)14(19-18)11-3-1-2-9-6-7-20-15(9)11/h1-5,8,14,19H,6-7,18H2. The number of hydrogen-bond acceptors (Lipinski definition) is 3. The van der Waals surface area contributed by atoms with Crippen LogP contribution in [-0.2, 0) is 6.42 Å². The molecule has 5 heteroatoms. The summed E-state index contributed by atoms with van der Waals surface area (Å²) in [6, 6.07) is 11.2. The van der Waals surface area contributed by atoms with Crippen LogP contribution in [0.5, 0.6) is 5.75 Å². The Balaban J connectivity index is 2.11. The topological polar surface area (TPSA) is 47.3 Å². The van der Waals surface area contributed by atoms with Gasteiger partial charge in [0.15, 0.2) is 0 Å². The predicted octanol–water partition coefficient (Wildman–Crippen LogP) is 3.48. The van der Waals surface area contributed by atoms with Gasteiger partial charge in [0.25, 0.3) is 0 Å². The minimum absolute atomic E-state index is 0.255. The van der Waals surface area contributed by atoms with Gasteiger partial charge in [0.1, 0.15) is 5.75 Å². The third-order valence-corrected chi connectivity index (χ3v) is 4.07. The van der Waals surface area contributed by atoms with Crippen molar-refractivity contribution in [1.82, 2.24) is 5.43 Å². The van der Waals surface area contributed by atoms with E-state index in [1.54, 1.807) is 12.1 Å². The van der Waals surface area contributed by atoms with Gasteiger partial charge >= 0.3 is 0 Å². The lowest BCUT2D eigenvalue weighted by molar-refractivity contribution is 0.350. The van der Waals surface area contributed by atoms with Crippen LogP contribution in [0.2, 0.25) is 10.0 Å². The summed E-state index contributed by atoms with van der Waals surface area (Å²) in [5, 5.41) is 1.24. The van der Waals surface area contributed by atoms with Gasteiger partial charge in [0.2, 0.25) is 0 Å². The van der Waals surface area contributed by atoms with Crippen molar-refractivity contribution < 1.29 is 4.74 Å². The summed E-state index contributed by atoms with van der Waals surface area (Å²) in [5.41, 5.74) is 5.82. The number of hydrazine groups is 1. The molecule has 0 saturated heterocycles. The van der Waals surface area contributed by atoms with Gasteiger partial charge in [-0.3, -0.25) is 5.84 Å². The van der Waals surface area contributed by atoms with Gasteiger partial charge in [-0.05, 0) is 29.3 Å². The van der Waals surface area contributed by atoms with Crippen molar-refractivity contribution in [3.63, 3.8) is 0 Å². The second-order valence-corrected chi connectivity index (χ2v) is 5.54. The van der Waals surface area contributed by atoms with Crippen LogP contribution in [0.15, 0.2) is 36.4 Å². The Morgan fingerprint density at radius 2 is 2.00 bits per heavy atom. The van der Waals surface area contributed by atoms with Gasteiger partial charge in [0, 0.05) is 22.0 Å². The van der Waals surface area contributed by atoms with E-state index in [9.17, 15) is 0 Å². The molecule has 3 rings (SSSR count). The molecule has 104 valence electrons. The van der Waals surface area contributed by atoms with Gasteiger partial charge in [-0.15, -0.1) is 0 Å². The molecule has 0 aromatic heterocycles. The zero-order chi connectivity index (χ0) is 14.1. The maximum Gasteiger partial charge on any atom is 0.127 e. The predicted molar refractivity (Wildman–Crippen MR) is 81.3 cm³/mol. The maximum absolute atomic E-state index is 6.28. The van der Waals surface area contributed by atoms with Crippen molar-refractivity contribution in [2.24, 2.45) is 5.84 Å². The molecule has 20 heavy (non-hydrogen) atoms. The zero-order valence-corrected chi connectivity index (χ0v) is 12.2. The average Bonchev–Trinajstić information content (AvgIpc) is 2.92. The number of ether oxygens (including phenoxy) is 1. The molecule has 3 N–H and O–H groups in total. The number of para-hydroxylation sites is 1. The Morgan fingerprint density at radius 1 is 1.15 bits per heavy atom. The number of rotatable bonds is 3. The first-order valence-electron chi connectivity index (χ1n) is 6.36. The second-order valence-electron chi connectivity index (χ2n) is 4.70. The fraction of sp³-hybridized carbons (Fsp3) is 0.200. The highest BCUT2D eigenvalue weighted by Crippen LogP contribution is 2.38. The number of halogens is 2. The van der Waals surface area contributed by atoms with E-state index in [0.717, 1.165) is 23.3 Å². The molecular weight excluding hydrogens is 295 g/mol. The van der Waals surface area contributed by atoms with Crippen LogP contribution >= 0.6 is 23.2 Å². The van der Waals surface area contributed by atoms with Crippen molar-refractivity contribution in [3.8, 4) is 5.75 Å². The SMILES string of the molecule is NNC(c1cc(Cl)ccc1Cl)c1cccc2c1OCC2. The Labute approximate surface area is 127 Å². The Bertz CT molecular complexity index is 646. The highest BCUT2D eigenvalue weighted by atomic mass is 35.5. The summed E-state index contributed by atoms with van der Waals surface area (Å²) in [5.74, 6) is 6.64. The van der Waals surface area contributed by atoms with Gasteiger partial charge < -0.3 is 4.74 Å². The minimum Gasteiger partial charge on any atom is -0.493 e. The summed E-state index contributed by atoms with van der Waals surface area (Å²) in [6.45, 7) is 0.701. The quantitative estimate of drug-likeness (QED) is 0.674. The smallest absolute Gasteiger partial charge is 0.127 e. The van der Waals surface area contributed by atoms with E-state index in [1.165, 1.54) is 5.56 Å². The van der Waals surface area contributed by atoms with Crippen LogP contribution in [0.25, 0.3) is 0 Å². The molecule has 0 saturated carbocycles. The van der Waals surface area contributed by atoms with Crippen molar-refractivity contribution in [2.45, 2.75) is 12.5 Å². The van der Waals surface area contributed by atoms with E-state index in [1.807, 2.05) is 18.2 Å². The van der Waals surface area contributed by atoms with E-state index >= 15 is 0 Å². The number of nitrogens with two attached hydrogens (primary N) is 1. The number of benzene rings is 2. The highest BCUT2D eigenvalue weighted by molar-refractivity contribution is 6.33. The molecule has 0 spiro atoms. The Morgan fingerprint density at radius 3 is 2.80 bits per heavy atom. The van der Waals surface area contributed by atoms with Crippen molar-refractivity contribution in [2.75, 3.05) is 6.61 Å². The summed E-state index contributed by atoms with van der Waals surface area (Å²) in [7, 11) is 0. The van der Waals surface area contributed by atoms with E-state index in [0.29, 0.717) is 16.7 Å². The van der Waals surface area contributed by atoms with Gasteiger partial charge in [-0.1, -0.05) is 41.4 Å². The van der Waals surface area contributed by atoms with Gasteiger partial charge in [-0.2, -0.15) is 0 Å². The first kappa shape index (κ1) is 13.7. The third kappa shape index (κ3) is 2.38. The average molecular weight is 309 g/mol. The van der Waals surface area contributed by atoms with Gasteiger partial charge in [0.05, 0.1) is 12.6 Å². The summed E-state index contributed by atoms with van der Waals surface area (Å²) >= 11 is 12.3. The van der Waals surface area contributed by atoms with Crippen LogP contribution in [0.3, 0.4) is 0 Å². The highest BCUT2D eigenvalue weighted by Gasteiger charge is 2.24. The minimum atomic E-state index is -0.255. The number of fused-ring (bicyclic) bond motifs is 1.